The topological polar surface area (TPSA) is 125 Å². The lowest BCUT2D eigenvalue weighted by atomic mass is 9.77. The number of aliphatic hydroxyl groups excluding tert-OH is 1. The Morgan fingerprint density at radius 3 is 2.42 bits per heavy atom. The van der Waals surface area contributed by atoms with Crippen LogP contribution in [0, 0.1) is 25.7 Å². The Balaban J connectivity index is 1.41. The third-order valence-corrected chi connectivity index (χ3v) is 10.1. The van der Waals surface area contributed by atoms with Crippen molar-refractivity contribution < 1.29 is 33.8 Å². The fraction of sp³-hybridized carbons (Fsp3) is 0.474. The highest BCUT2D eigenvalue weighted by Crippen LogP contribution is 2.53. The lowest BCUT2D eigenvalue weighted by Gasteiger charge is -2.36. The molecule has 1 spiro atoms. The van der Waals surface area contributed by atoms with Crippen LogP contribution in [0.5, 0.6) is 0 Å². The van der Waals surface area contributed by atoms with Crippen molar-refractivity contribution in [1.29, 1.82) is 0 Å². The highest BCUT2D eigenvalue weighted by atomic mass is 16.6. The van der Waals surface area contributed by atoms with E-state index in [4.69, 9.17) is 9.47 Å². The van der Waals surface area contributed by atoms with Crippen LogP contribution in [0.2, 0.25) is 0 Å². The van der Waals surface area contributed by atoms with E-state index < -0.39 is 41.7 Å². The molecule has 6 atom stereocenters. The van der Waals surface area contributed by atoms with Gasteiger partial charge in [0.25, 0.3) is 5.91 Å². The van der Waals surface area contributed by atoms with Crippen LogP contribution in [-0.4, -0.2) is 77.7 Å². The molecule has 2 fully saturated rings. The van der Waals surface area contributed by atoms with E-state index in [1.807, 2.05) is 80.6 Å². The summed E-state index contributed by atoms with van der Waals surface area (Å²) in [4.78, 5) is 59.9. The van der Waals surface area contributed by atoms with Crippen molar-refractivity contribution in [3.63, 3.8) is 0 Å². The lowest BCUT2D eigenvalue weighted by molar-refractivity contribution is -0.159. The number of fused-ring (bicyclic) bond motifs is 2. The van der Waals surface area contributed by atoms with Crippen molar-refractivity contribution >= 4 is 29.4 Å². The van der Waals surface area contributed by atoms with Crippen LogP contribution >= 0.6 is 0 Å². The Morgan fingerprint density at radius 2 is 1.67 bits per heavy atom. The van der Waals surface area contributed by atoms with Crippen molar-refractivity contribution in [1.82, 2.24) is 10.2 Å². The van der Waals surface area contributed by atoms with Gasteiger partial charge < -0.3 is 29.7 Å². The van der Waals surface area contributed by atoms with Crippen molar-refractivity contribution in [2.75, 3.05) is 31.1 Å². The number of hydrogen-bond acceptors (Lipinski definition) is 7. The van der Waals surface area contributed by atoms with E-state index in [9.17, 15) is 24.3 Å². The van der Waals surface area contributed by atoms with E-state index >= 15 is 0 Å². The summed E-state index contributed by atoms with van der Waals surface area (Å²) in [7, 11) is 0. The number of carbonyl (C=O) groups is 4. The number of likely N-dealkylation sites (tertiary alicyclic amines) is 1. The van der Waals surface area contributed by atoms with E-state index in [2.05, 4.69) is 5.32 Å². The Morgan fingerprint density at radius 1 is 0.917 bits per heavy atom. The molecule has 2 saturated heterocycles. The fourth-order valence-corrected chi connectivity index (χ4v) is 7.83. The summed E-state index contributed by atoms with van der Waals surface area (Å²) in [6.07, 6.45) is 9.21. The molecule has 0 unspecified atom stereocenters. The molecule has 4 aliphatic rings. The Hall–Kier alpha value is -4.28. The molecule has 0 radical (unpaired) electrons. The van der Waals surface area contributed by atoms with E-state index in [-0.39, 0.29) is 43.8 Å². The number of nitrogens with one attached hydrogen (secondary N) is 1. The molecular formula is C38H45N3O7. The first-order valence-corrected chi connectivity index (χ1v) is 17.1. The number of cyclic esters (lactones) is 1. The molecule has 2 aromatic rings. The molecule has 0 aliphatic carbocycles. The van der Waals surface area contributed by atoms with Gasteiger partial charge in [0.15, 0.2) is 0 Å². The molecule has 10 nitrogen and oxygen atoms in total. The van der Waals surface area contributed by atoms with Crippen LogP contribution in [-0.2, 0) is 28.7 Å². The van der Waals surface area contributed by atoms with Gasteiger partial charge in [0.1, 0.15) is 23.7 Å². The van der Waals surface area contributed by atoms with Gasteiger partial charge in [0, 0.05) is 31.8 Å². The Kier molecular flexibility index (Phi) is 10.1. The minimum Gasteiger partial charge on any atom is -0.455 e. The maximum absolute atomic E-state index is 14.9. The molecule has 0 bridgehead atoms. The predicted molar refractivity (Wildman–Crippen MR) is 180 cm³/mol. The molecule has 4 heterocycles. The van der Waals surface area contributed by atoms with Crippen molar-refractivity contribution in [2.45, 2.75) is 76.2 Å². The van der Waals surface area contributed by atoms with Gasteiger partial charge in [-0.25, -0.2) is 0 Å². The number of carbonyl (C=O) groups excluding carboxylic acids is 4. The van der Waals surface area contributed by atoms with E-state index in [1.165, 1.54) is 0 Å². The van der Waals surface area contributed by atoms with Gasteiger partial charge in [0.05, 0.1) is 18.6 Å². The maximum atomic E-state index is 14.9. The first kappa shape index (κ1) is 33.6. The Labute approximate surface area is 281 Å². The average molecular weight is 656 g/mol. The number of esters is 1. The van der Waals surface area contributed by atoms with E-state index in [1.54, 1.807) is 15.9 Å². The van der Waals surface area contributed by atoms with Gasteiger partial charge in [-0.15, -0.1) is 0 Å². The molecule has 6 rings (SSSR count). The zero-order valence-electron chi connectivity index (χ0n) is 27.7. The summed E-state index contributed by atoms with van der Waals surface area (Å²) in [6.45, 7) is 4.73. The molecule has 254 valence electrons. The molecule has 2 N–H and O–H groups in total. The SMILES string of the molecule is Cc1cccc(C)c1N1CC=C[C@@]23O[C@H]4/C=C\CCC(=O)NC[C@H](c5ccccc5)OC(=O)[C@H]4[C@@H]2C(=O)N(CCCCCCO)[C@H]3C1=O. The van der Waals surface area contributed by atoms with Crippen LogP contribution in [0.25, 0.3) is 0 Å². The third kappa shape index (κ3) is 6.31. The minimum atomic E-state index is -1.40. The normalized spacial score (nSPS) is 29.6. The number of para-hydroxylation sites is 1. The number of amides is 3. The summed E-state index contributed by atoms with van der Waals surface area (Å²) in [5.74, 6) is -3.34. The summed E-state index contributed by atoms with van der Waals surface area (Å²) in [5, 5.41) is 12.2. The maximum Gasteiger partial charge on any atom is 0.313 e. The second-order valence-electron chi connectivity index (χ2n) is 13.2. The van der Waals surface area contributed by atoms with Gasteiger partial charge in [-0.3, -0.25) is 19.2 Å². The molecule has 0 saturated carbocycles. The number of anilines is 1. The molecule has 3 amide bonds. The highest BCUT2D eigenvalue weighted by Gasteiger charge is 2.71. The monoisotopic (exact) mass is 655 g/mol. The number of allylic oxidation sites excluding steroid dienone is 1. The molecule has 0 aromatic heterocycles. The number of aryl methyl sites for hydroxylation is 2. The van der Waals surface area contributed by atoms with Gasteiger partial charge in [-0.2, -0.15) is 0 Å². The number of rotatable bonds is 8. The zero-order chi connectivity index (χ0) is 33.8. The number of hydrogen-bond donors (Lipinski definition) is 2. The predicted octanol–water partition coefficient (Wildman–Crippen LogP) is 4.09. The number of aliphatic hydroxyl groups is 1. The largest absolute Gasteiger partial charge is 0.455 e. The minimum absolute atomic E-state index is 0.0893. The smallest absolute Gasteiger partial charge is 0.313 e. The van der Waals surface area contributed by atoms with Crippen LogP contribution in [0.15, 0.2) is 72.8 Å². The number of benzene rings is 2. The molecule has 2 aromatic carbocycles. The zero-order valence-corrected chi connectivity index (χ0v) is 27.7. The lowest BCUT2D eigenvalue weighted by Crippen LogP contribution is -2.55. The van der Waals surface area contributed by atoms with Crippen molar-refractivity contribution in [3.05, 3.63) is 89.5 Å². The summed E-state index contributed by atoms with van der Waals surface area (Å²) in [5.41, 5.74) is 2.01. The van der Waals surface area contributed by atoms with Crippen LogP contribution in [0.1, 0.15) is 61.3 Å². The van der Waals surface area contributed by atoms with E-state index in [0.29, 0.717) is 25.8 Å². The van der Waals surface area contributed by atoms with E-state index in [0.717, 1.165) is 35.2 Å². The second-order valence-corrected chi connectivity index (χ2v) is 13.2. The number of unbranched alkanes of at least 4 members (excludes halogenated alkanes) is 3. The average Bonchev–Trinajstić information content (AvgIpc) is 3.46. The summed E-state index contributed by atoms with van der Waals surface area (Å²) >= 11 is 0. The van der Waals surface area contributed by atoms with Crippen molar-refractivity contribution in [3.8, 4) is 0 Å². The third-order valence-electron chi connectivity index (χ3n) is 10.1. The summed E-state index contributed by atoms with van der Waals surface area (Å²) in [6, 6.07) is 14.1. The van der Waals surface area contributed by atoms with Gasteiger partial charge >= 0.3 is 5.97 Å². The molecular weight excluding hydrogens is 610 g/mol. The number of nitrogens with zero attached hydrogens (tertiary/aromatic N) is 2. The van der Waals surface area contributed by atoms with Gasteiger partial charge in [-0.05, 0) is 49.8 Å². The van der Waals surface area contributed by atoms with Crippen LogP contribution in [0.4, 0.5) is 5.69 Å². The summed E-state index contributed by atoms with van der Waals surface area (Å²) < 4.78 is 13.0. The van der Waals surface area contributed by atoms with Crippen LogP contribution < -0.4 is 10.2 Å². The molecule has 10 heteroatoms. The second kappa shape index (κ2) is 14.5. The van der Waals surface area contributed by atoms with Gasteiger partial charge in [0.2, 0.25) is 11.8 Å². The highest BCUT2D eigenvalue weighted by molar-refractivity contribution is 6.06. The fourth-order valence-electron chi connectivity index (χ4n) is 7.83. The van der Waals surface area contributed by atoms with Gasteiger partial charge in [-0.1, -0.05) is 85.7 Å². The quantitative estimate of drug-likeness (QED) is 0.249. The molecule has 48 heavy (non-hydrogen) atoms. The van der Waals surface area contributed by atoms with Crippen LogP contribution in [0.3, 0.4) is 0 Å². The first-order chi connectivity index (χ1) is 23.3. The van der Waals surface area contributed by atoms with Crippen molar-refractivity contribution in [2.24, 2.45) is 11.8 Å². The Bertz CT molecular complexity index is 1570. The standard InChI is InChI=1S/C38H45N3O7/c1-25-14-12-15-26(2)33(25)40-22-13-20-38-32(35(44)41(34(38)36(40)45)21-10-3-4-11-23-42)31-28(48-38)18-8-9-19-30(43)39-24-29(47-37(31)46)27-16-6-5-7-17-27/h5-8,12-18,20,28-29,31-32,34,42H,3-4,9-11,19,21-24H2,1-2H3,(H,39,43)/b18-8-/t28-,29+,31+,32+,34-,38+/m0/s1. The number of ether oxygens (including phenoxy) is 2. The molecule has 4 aliphatic heterocycles. The first-order valence-electron chi connectivity index (χ1n) is 17.1.